The highest BCUT2D eigenvalue weighted by Crippen LogP contribution is 2.33. The van der Waals surface area contributed by atoms with Crippen molar-refractivity contribution >= 4 is 22.6 Å². The molecule has 8 heteroatoms. The lowest BCUT2D eigenvalue weighted by Crippen LogP contribution is -2.48. The summed E-state index contributed by atoms with van der Waals surface area (Å²) in [6.45, 7) is 5.16. The van der Waals surface area contributed by atoms with Gasteiger partial charge in [0, 0.05) is 49.7 Å². The molecule has 3 heterocycles. The minimum Gasteiger partial charge on any atom is -0.454 e. The van der Waals surface area contributed by atoms with Crippen LogP contribution in [0.2, 0.25) is 0 Å². The molecule has 0 saturated carbocycles. The first-order valence-corrected chi connectivity index (χ1v) is 8.78. The van der Waals surface area contributed by atoms with Crippen LogP contribution in [0.25, 0.3) is 0 Å². The van der Waals surface area contributed by atoms with Gasteiger partial charge in [0.2, 0.25) is 11.9 Å². The molecule has 2 aliphatic rings. The summed E-state index contributed by atoms with van der Waals surface area (Å²) >= 11 is 1.43. The lowest BCUT2D eigenvalue weighted by Gasteiger charge is -2.34. The molecule has 0 radical (unpaired) electrons. The number of nitrogens with zero attached hydrogens (tertiary/aromatic N) is 4. The van der Waals surface area contributed by atoms with Crippen molar-refractivity contribution in [3.63, 3.8) is 0 Å². The van der Waals surface area contributed by atoms with Gasteiger partial charge in [-0.1, -0.05) is 6.92 Å². The first-order valence-electron chi connectivity index (χ1n) is 8.01. The van der Waals surface area contributed by atoms with Crippen molar-refractivity contribution in [1.29, 1.82) is 0 Å². The van der Waals surface area contributed by atoms with Gasteiger partial charge in [-0.2, -0.15) is 4.37 Å². The first-order chi connectivity index (χ1) is 11.7. The maximum atomic E-state index is 12.7. The SMILES string of the molecule is CCc1nsc(N2CCN(C(=O)c3ccc4c(c3)OCO4)CC2)n1. The highest BCUT2D eigenvalue weighted by Gasteiger charge is 2.25. The van der Waals surface area contributed by atoms with E-state index in [2.05, 4.69) is 14.3 Å². The van der Waals surface area contributed by atoms with Crippen LogP contribution in [0.5, 0.6) is 11.5 Å². The third-order valence-corrected chi connectivity index (χ3v) is 5.05. The summed E-state index contributed by atoms with van der Waals surface area (Å²) in [5.41, 5.74) is 0.636. The van der Waals surface area contributed by atoms with Crippen LogP contribution in [-0.4, -0.2) is 53.1 Å². The van der Waals surface area contributed by atoms with E-state index in [1.165, 1.54) is 11.5 Å². The molecule has 0 unspecified atom stereocenters. The summed E-state index contributed by atoms with van der Waals surface area (Å²) < 4.78 is 15.0. The molecule has 0 spiro atoms. The van der Waals surface area contributed by atoms with E-state index in [0.717, 1.165) is 30.5 Å². The number of rotatable bonds is 3. The quantitative estimate of drug-likeness (QED) is 0.844. The van der Waals surface area contributed by atoms with Gasteiger partial charge in [0.15, 0.2) is 11.5 Å². The van der Waals surface area contributed by atoms with Gasteiger partial charge < -0.3 is 19.3 Å². The van der Waals surface area contributed by atoms with E-state index in [1.807, 2.05) is 11.8 Å². The van der Waals surface area contributed by atoms with Gasteiger partial charge in [0.1, 0.15) is 5.82 Å². The molecule has 1 aromatic carbocycles. The Bertz CT molecular complexity index is 756. The number of hydrogen-bond donors (Lipinski definition) is 0. The van der Waals surface area contributed by atoms with Crippen LogP contribution >= 0.6 is 11.5 Å². The number of hydrogen-bond acceptors (Lipinski definition) is 7. The van der Waals surface area contributed by atoms with Crippen molar-refractivity contribution in [3.8, 4) is 11.5 Å². The molecular formula is C16H18N4O3S. The minimum atomic E-state index is 0.0273. The van der Waals surface area contributed by atoms with E-state index < -0.39 is 0 Å². The van der Waals surface area contributed by atoms with Crippen molar-refractivity contribution in [2.75, 3.05) is 37.9 Å². The van der Waals surface area contributed by atoms with Gasteiger partial charge in [0.05, 0.1) is 0 Å². The minimum absolute atomic E-state index is 0.0273. The van der Waals surface area contributed by atoms with Gasteiger partial charge in [-0.3, -0.25) is 4.79 Å². The Morgan fingerprint density at radius 1 is 1.21 bits per heavy atom. The third kappa shape index (κ3) is 2.77. The van der Waals surface area contributed by atoms with E-state index in [0.29, 0.717) is 30.2 Å². The normalized spacial score (nSPS) is 16.5. The summed E-state index contributed by atoms with van der Waals surface area (Å²) in [6, 6.07) is 5.34. The third-order valence-electron chi connectivity index (χ3n) is 4.23. The summed E-state index contributed by atoms with van der Waals surface area (Å²) in [4.78, 5) is 21.3. The lowest BCUT2D eigenvalue weighted by molar-refractivity contribution is 0.0746. The fraction of sp³-hybridized carbons (Fsp3) is 0.438. The van der Waals surface area contributed by atoms with Crippen molar-refractivity contribution in [1.82, 2.24) is 14.3 Å². The Morgan fingerprint density at radius 2 is 2.00 bits per heavy atom. The van der Waals surface area contributed by atoms with Crippen LogP contribution in [0.3, 0.4) is 0 Å². The largest absolute Gasteiger partial charge is 0.454 e. The second-order valence-electron chi connectivity index (χ2n) is 5.69. The predicted molar refractivity (Wildman–Crippen MR) is 90.0 cm³/mol. The van der Waals surface area contributed by atoms with E-state index in [-0.39, 0.29) is 12.7 Å². The summed E-state index contributed by atoms with van der Waals surface area (Å²) in [7, 11) is 0. The summed E-state index contributed by atoms with van der Waals surface area (Å²) in [6.07, 6.45) is 0.846. The lowest BCUT2D eigenvalue weighted by atomic mass is 10.1. The Balaban J connectivity index is 1.41. The zero-order chi connectivity index (χ0) is 16.5. The van der Waals surface area contributed by atoms with Crippen LogP contribution in [0.1, 0.15) is 23.1 Å². The molecule has 0 N–H and O–H groups in total. The number of anilines is 1. The number of carbonyl (C=O) groups excluding carboxylic acids is 1. The average molecular weight is 346 g/mol. The number of benzene rings is 1. The zero-order valence-electron chi connectivity index (χ0n) is 13.4. The second kappa shape index (κ2) is 6.27. The maximum Gasteiger partial charge on any atom is 0.254 e. The zero-order valence-corrected chi connectivity index (χ0v) is 14.2. The fourth-order valence-corrected chi connectivity index (χ4v) is 3.63. The van der Waals surface area contributed by atoms with E-state index in [1.54, 1.807) is 18.2 Å². The van der Waals surface area contributed by atoms with Crippen molar-refractivity contribution in [3.05, 3.63) is 29.6 Å². The topological polar surface area (TPSA) is 67.8 Å². The monoisotopic (exact) mass is 346 g/mol. The summed E-state index contributed by atoms with van der Waals surface area (Å²) in [5.74, 6) is 2.24. The molecule has 0 bridgehead atoms. The number of piperazine rings is 1. The number of carbonyl (C=O) groups is 1. The van der Waals surface area contributed by atoms with Crippen molar-refractivity contribution in [2.24, 2.45) is 0 Å². The molecule has 4 rings (SSSR count). The standard InChI is InChI=1S/C16H18N4O3S/c1-2-14-17-16(24-18-14)20-7-5-19(6-8-20)15(21)11-3-4-12-13(9-11)23-10-22-12/h3-4,9H,2,5-8,10H2,1H3. The van der Waals surface area contributed by atoms with Gasteiger partial charge >= 0.3 is 0 Å². The number of aromatic nitrogens is 2. The highest BCUT2D eigenvalue weighted by atomic mass is 32.1. The van der Waals surface area contributed by atoms with Crippen LogP contribution < -0.4 is 14.4 Å². The maximum absolute atomic E-state index is 12.7. The molecule has 1 aromatic heterocycles. The van der Waals surface area contributed by atoms with Gasteiger partial charge in [0.25, 0.3) is 5.91 Å². The van der Waals surface area contributed by atoms with Crippen LogP contribution in [-0.2, 0) is 6.42 Å². The Kier molecular flexibility index (Phi) is 3.97. The number of amides is 1. The first kappa shape index (κ1) is 15.2. The van der Waals surface area contributed by atoms with Gasteiger partial charge in [-0.15, -0.1) is 0 Å². The Morgan fingerprint density at radius 3 is 2.75 bits per heavy atom. The molecule has 7 nitrogen and oxygen atoms in total. The highest BCUT2D eigenvalue weighted by molar-refractivity contribution is 7.09. The number of fused-ring (bicyclic) bond motifs is 1. The molecule has 1 saturated heterocycles. The van der Waals surface area contributed by atoms with Crippen LogP contribution in [0, 0.1) is 0 Å². The molecule has 24 heavy (non-hydrogen) atoms. The number of ether oxygens (including phenoxy) is 2. The predicted octanol–water partition coefficient (Wildman–Crippen LogP) is 1.79. The molecule has 1 fully saturated rings. The van der Waals surface area contributed by atoms with Crippen LogP contribution in [0.15, 0.2) is 18.2 Å². The Labute approximate surface area is 144 Å². The van der Waals surface area contributed by atoms with E-state index in [4.69, 9.17) is 9.47 Å². The smallest absolute Gasteiger partial charge is 0.254 e. The van der Waals surface area contributed by atoms with E-state index >= 15 is 0 Å². The fourth-order valence-electron chi connectivity index (χ4n) is 2.83. The van der Waals surface area contributed by atoms with Crippen molar-refractivity contribution < 1.29 is 14.3 Å². The molecular weight excluding hydrogens is 328 g/mol. The van der Waals surface area contributed by atoms with Gasteiger partial charge in [-0.05, 0) is 18.2 Å². The number of aryl methyl sites for hydroxylation is 1. The van der Waals surface area contributed by atoms with Gasteiger partial charge in [-0.25, -0.2) is 4.98 Å². The molecule has 2 aliphatic heterocycles. The second-order valence-corrected chi connectivity index (χ2v) is 6.42. The molecule has 1 amide bonds. The van der Waals surface area contributed by atoms with Crippen molar-refractivity contribution in [2.45, 2.75) is 13.3 Å². The molecule has 2 aromatic rings. The van der Waals surface area contributed by atoms with E-state index in [9.17, 15) is 4.79 Å². The molecule has 126 valence electrons. The summed E-state index contributed by atoms with van der Waals surface area (Å²) in [5, 5.41) is 0.946. The Hall–Kier alpha value is -2.35. The molecule has 0 aliphatic carbocycles. The molecule has 0 atom stereocenters. The van der Waals surface area contributed by atoms with Crippen LogP contribution in [0.4, 0.5) is 5.13 Å². The average Bonchev–Trinajstić information content (AvgIpc) is 3.29.